The van der Waals surface area contributed by atoms with Gasteiger partial charge < -0.3 is 15.2 Å². The molecule has 0 radical (unpaired) electrons. The van der Waals surface area contributed by atoms with Crippen LogP contribution in [0.2, 0.25) is 0 Å². The molecule has 0 saturated heterocycles. The molecular formula is C19H18N4O3. The van der Waals surface area contributed by atoms with E-state index in [-0.39, 0.29) is 11.5 Å². The molecule has 1 aromatic carbocycles. The Kier molecular flexibility index (Phi) is 5.38. The smallest absolute Gasteiger partial charge is 0.258 e. The molecule has 0 atom stereocenters. The van der Waals surface area contributed by atoms with Gasteiger partial charge in [-0.3, -0.25) is 14.6 Å². The van der Waals surface area contributed by atoms with Crippen molar-refractivity contribution >= 4 is 17.6 Å². The zero-order chi connectivity index (χ0) is 18.4. The quantitative estimate of drug-likeness (QED) is 0.712. The molecule has 0 unspecified atom stereocenters. The second-order valence-corrected chi connectivity index (χ2v) is 5.73. The van der Waals surface area contributed by atoms with Crippen LogP contribution in [0.4, 0.5) is 5.82 Å². The molecule has 3 aromatic rings. The predicted molar refractivity (Wildman–Crippen MR) is 95.9 cm³/mol. The number of carbonyl (C=O) groups is 2. The third kappa shape index (κ3) is 4.54. The van der Waals surface area contributed by atoms with Gasteiger partial charge in [0, 0.05) is 25.0 Å². The fraction of sp³-hybridized carbons (Fsp3) is 0.158. The molecule has 2 aromatic heterocycles. The lowest BCUT2D eigenvalue weighted by atomic mass is 10.1. The third-order valence-electron chi connectivity index (χ3n) is 3.67. The van der Waals surface area contributed by atoms with Crippen molar-refractivity contribution in [1.82, 2.24) is 15.5 Å². The molecule has 132 valence electrons. The van der Waals surface area contributed by atoms with Crippen LogP contribution in [0.5, 0.6) is 0 Å². The maximum atomic E-state index is 12.3. The number of hydrogen-bond donors (Lipinski definition) is 2. The van der Waals surface area contributed by atoms with Gasteiger partial charge >= 0.3 is 0 Å². The van der Waals surface area contributed by atoms with Crippen LogP contribution in [-0.2, 0) is 6.42 Å². The van der Waals surface area contributed by atoms with E-state index in [9.17, 15) is 9.59 Å². The van der Waals surface area contributed by atoms with Crippen LogP contribution in [0.1, 0.15) is 32.0 Å². The minimum absolute atomic E-state index is 0.265. The van der Waals surface area contributed by atoms with E-state index in [4.69, 9.17) is 4.52 Å². The largest absolute Gasteiger partial charge is 0.360 e. The van der Waals surface area contributed by atoms with Crippen LogP contribution in [-0.4, -0.2) is 28.5 Å². The van der Waals surface area contributed by atoms with E-state index in [0.29, 0.717) is 23.7 Å². The Labute approximate surface area is 150 Å². The van der Waals surface area contributed by atoms with Crippen LogP contribution in [0, 0.1) is 6.92 Å². The summed E-state index contributed by atoms with van der Waals surface area (Å²) < 4.78 is 4.90. The number of anilines is 1. The van der Waals surface area contributed by atoms with E-state index in [2.05, 4.69) is 20.8 Å². The second kappa shape index (κ2) is 8.06. The minimum atomic E-state index is -0.412. The number of nitrogens with one attached hydrogen (secondary N) is 2. The Morgan fingerprint density at radius 2 is 1.77 bits per heavy atom. The highest BCUT2D eigenvalue weighted by Crippen LogP contribution is 2.10. The summed E-state index contributed by atoms with van der Waals surface area (Å²) in [6, 6.07) is 13.0. The van der Waals surface area contributed by atoms with E-state index in [1.165, 1.54) is 18.5 Å². The van der Waals surface area contributed by atoms with Gasteiger partial charge in [0.15, 0.2) is 5.82 Å². The highest BCUT2D eigenvalue weighted by molar-refractivity contribution is 6.05. The number of aryl methyl sites for hydroxylation is 1. The third-order valence-corrected chi connectivity index (χ3v) is 3.67. The van der Waals surface area contributed by atoms with Crippen LogP contribution in [0.3, 0.4) is 0 Å². The minimum Gasteiger partial charge on any atom is -0.360 e. The van der Waals surface area contributed by atoms with Crippen molar-refractivity contribution in [3.63, 3.8) is 0 Å². The lowest BCUT2D eigenvalue weighted by Crippen LogP contribution is -2.26. The van der Waals surface area contributed by atoms with E-state index in [0.717, 1.165) is 12.0 Å². The number of pyridine rings is 1. The summed E-state index contributed by atoms with van der Waals surface area (Å²) in [5, 5.41) is 9.12. The van der Waals surface area contributed by atoms with Crippen LogP contribution in [0.15, 0.2) is 59.4 Å². The van der Waals surface area contributed by atoms with Crippen molar-refractivity contribution in [3.05, 3.63) is 77.3 Å². The van der Waals surface area contributed by atoms with Crippen molar-refractivity contribution < 1.29 is 14.1 Å². The molecule has 2 N–H and O–H groups in total. The first-order chi connectivity index (χ1) is 12.6. The molecule has 2 amide bonds. The first-order valence-corrected chi connectivity index (χ1v) is 8.13. The summed E-state index contributed by atoms with van der Waals surface area (Å²) in [5.74, 6) is 0.209. The fourth-order valence-electron chi connectivity index (χ4n) is 2.37. The number of carbonyl (C=O) groups excluding carboxylic acids is 2. The molecule has 7 nitrogen and oxygen atoms in total. The highest BCUT2D eigenvalue weighted by atomic mass is 16.5. The Balaban J connectivity index is 1.59. The standard InChI is InChI=1S/C19H18N4O3/c1-13-9-17(23-26-13)22-19(25)16-10-15(11-20-12-16)18(24)21-8-7-14-5-3-2-4-6-14/h2-6,9-12H,7-8H2,1H3,(H,21,24)(H,22,23,25). The molecule has 0 aliphatic rings. The van der Waals surface area contributed by atoms with Crippen LogP contribution < -0.4 is 10.6 Å². The zero-order valence-electron chi connectivity index (χ0n) is 14.2. The highest BCUT2D eigenvalue weighted by Gasteiger charge is 2.13. The molecule has 26 heavy (non-hydrogen) atoms. The number of benzene rings is 1. The lowest BCUT2D eigenvalue weighted by Gasteiger charge is -2.07. The monoisotopic (exact) mass is 350 g/mol. The van der Waals surface area contributed by atoms with Gasteiger partial charge in [0.2, 0.25) is 0 Å². The molecule has 7 heteroatoms. The maximum Gasteiger partial charge on any atom is 0.258 e. The molecule has 0 aliphatic heterocycles. The fourth-order valence-corrected chi connectivity index (χ4v) is 2.37. The molecular weight excluding hydrogens is 332 g/mol. The van der Waals surface area contributed by atoms with E-state index in [1.54, 1.807) is 13.0 Å². The average Bonchev–Trinajstić information content (AvgIpc) is 3.07. The topological polar surface area (TPSA) is 97.1 Å². The normalized spacial score (nSPS) is 10.3. The SMILES string of the molecule is Cc1cc(NC(=O)c2cncc(C(=O)NCCc3ccccc3)c2)no1. The number of amides is 2. The van der Waals surface area contributed by atoms with Gasteiger partial charge in [-0.15, -0.1) is 0 Å². The lowest BCUT2D eigenvalue weighted by molar-refractivity contribution is 0.0953. The molecule has 0 saturated carbocycles. The molecule has 3 rings (SSSR count). The first kappa shape index (κ1) is 17.3. The summed E-state index contributed by atoms with van der Waals surface area (Å²) in [5.41, 5.74) is 1.73. The summed E-state index contributed by atoms with van der Waals surface area (Å²) in [7, 11) is 0. The summed E-state index contributed by atoms with van der Waals surface area (Å²) >= 11 is 0. The number of aromatic nitrogens is 2. The van der Waals surface area contributed by atoms with Gasteiger partial charge in [-0.1, -0.05) is 35.5 Å². The molecule has 0 fully saturated rings. The van der Waals surface area contributed by atoms with E-state index < -0.39 is 5.91 Å². The summed E-state index contributed by atoms with van der Waals surface area (Å²) in [4.78, 5) is 28.5. The molecule has 0 bridgehead atoms. The van der Waals surface area contributed by atoms with Crippen molar-refractivity contribution in [2.75, 3.05) is 11.9 Å². The molecule has 0 spiro atoms. The van der Waals surface area contributed by atoms with Crippen LogP contribution >= 0.6 is 0 Å². The van der Waals surface area contributed by atoms with Gasteiger partial charge in [-0.25, -0.2) is 0 Å². The predicted octanol–water partition coefficient (Wildman–Crippen LogP) is 2.60. The van der Waals surface area contributed by atoms with Crippen molar-refractivity contribution in [1.29, 1.82) is 0 Å². The van der Waals surface area contributed by atoms with Gasteiger partial charge in [0.1, 0.15) is 5.76 Å². The van der Waals surface area contributed by atoms with Gasteiger partial charge in [-0.2, -0.15) is 0 Å². The number of hydrogen-bond acceptors (Lipinski definition) is 5. The Morgan fingerprint density at radius 3 is 2.46 bits per heavy atom. The Hall–Kier alpha value is -3.48. The Bertz CT molecular complexity index is 906. The summed E-state index contributed by atoms with van der Waals surface area (Å²) in [6.07, 6.45) is 3.55. The Morgan fingerprint density at radius 1 is 1.04 bits per heavy atom. The average molecular weight is 350 g/mol. The van der Waals surface area contributed by atoms with E-state index >= 15 is 0 Å². The summed E-state index contributed by atoms with van der Waals surface area (Å²) in [6.45, 7) is 2.22. The second-order valence-electron chi connectivity index (χ2n) is 5.73. The number of nitrogens with zero attached hydrogens (tertiary/aromatic N) is 2. The van der Waals surface area contributed by atoms with Gasteiger partial charge in [-0.05, 0) is 25.0 Å². The number of rotatable bonds is 6. The van der Waals surface area contributed by atoms with Crippen molar-refractivity contribution in [3.8, 4) is 0 Å². The van der Waals surface area contributed by atoms with E-state index in [1.807, 2.05) is 30.3 Å². The molecule has 2 heterocycles. The first-order valence-electron chi connectivity index (χ1n) is 8.13. The van der Waals surface area contributed by atoms with Crippen molar-refractivity contribution in [2.45, 2.75) is 13.3 Å². The van der Waals surface area contributed by atoms with Gasteiger partial charge in [0.05, 0.1) is 11.1 Å². The van der Waals surface area contributed by atoms with Crippen LogP contribution in [0.25, 0.3) is 0 Å². The van der Waals surface area contributed by atoms with Gasteiger partial charge in [0.25, 0.3) is 11.8 Å². The maximum absolute atomic E-state index is 12.3. The van der Waals surface area contributed by atoms with Crippen molar-refractivity contribution in [2.24, 2.45) is 0 Å². The molecule has 0 aliphatic carbocycles. The zero-order valence-corrected chi connectivity index (χ0v) is 14.2.